The number of carbonyl (C=O) groups excluding carboxylic acids is 1. The highest BCUT2D eigenvalue weighted by Crippen LogP contribution is 2.44. The summed E-state index contributed by atoms with van der Waals surface area (Å²) in [5.41, 5.74) is 8.00. The Balaban J connectivity index is 0.000000477. The molecule has 2 aliphatic rings. The summed E-state index contributed by atoms with van der Waals surface area (Å²) < 4.78 is 26.6. The Morgan fingerprint density at radius 1 is 1.05 bits per heavy atom. The fourth-order valence-electron chi connectivity index (χ4n) is 5.50. The molecule has 11 heteroatoms. The molecule has 210 valence electrons. The molecule has 4 N–H and O–H groups in total. The van der Waals surface area contributed by atoms with Crippen LogP contribution in [0.2, 0.25) is 0 Å². The molecule has 2 aromatic heterocycles. The second kappa shape index (κ2) is 12.1. The van der Waals surface area contributed by atoms with Crippen LogP contribution in [0.15, 0.2) is 69.3 Å². The molecule has 0 saturated heterocycles. The van der Waals surface area contributed by atoms with Gasteiger partial charge in [0.05, 0.1) is 27.1 Å². The third kappa shape index (κ3) is 6.06. The molecule has 8 nitrogen and oxygen atoms in total. The summed E-state index contributed by atoms with van der Waals surface area (Å²) >= 11 is 2.84. The number of hydrogen-bond acceptors (Lipinski definition) is 9. The third-order valence-electron chi connectivity index (χ3n) is 7.70. The van der Waals surface area contributed by atoms with Crippen molar-refractivity contribution < 1.29 is 13.2 Å². The SMILES string of the molecule is Cc1c(C(CC2CCC(C)CC2)C(=O)Nc2nccs2)ccc2c1Nc1ccccc1S2(=O)=O.Nc1nccs1. The number of hydrogen-bond donors (Lipinski definition) is 3. The molecule has 1 fully saturated rings. The third-order valence-corrected chi connectivity index (χ3v) is 10.9. The van der Waals surface area contributed by atoms with E-state index in [0.717, 1.165) is 36.3 Å². The Morgan fingerprint density at radius 2 is 1.77 bits per heavy atom. The number of nitrogens with one attached hydrogen (secondary N) is 2. The molecule has 1 atom stereocenters. The molecular formula is C29H33N5O3S3. The molecule has 6 rings (SSSR count). The van der Waals surface area contributed by atoms with Crippen molar-refractivity contribution in [3.63, 3.8) is 0 Å². The van der Waals surface area contributed by atoms with Crippen LogP contribution in [0.1, 0.15) is 56.1 Å². The first kappa shape index (κ1) is 28.3. The number of thiazole rings is 2. The highest BCUT2D eigenvalue weighted by atomic mass is 32.2. The van der Waals surface area contributed by atoms with Gasteiger partial charge in [0.25, 0.3) is 0 Å². The number of sulfone groups is 1. The number of amides is 1. The molecule has 0 bridgehead atoms. The van der Waals surface area contributed by atoms with Crippen molar-refractivity contribution in [2.75, 3.05) is 16.4 Å². The van der Waals surface area contributed by atoms with E-state index in [4.69, 9.17) is 5.73 Å². The molecule has 2 aromatic carbocycles. The molecule has 1 saturated carbocycles. The van der Waals surface area contributed by atoms with Gasteiger partial charge < -0.3 is 16.4 Å². The van der Waals surface area contributed by atoms with Gasteiger partial charge in [-0.1, -0.05) is 50.8 Å². The number of aromatic nitrogens is 2. The van der Waals surface area contributed by atoms with Gasteiger partial charge in [0.2, 0.25) is 15.7 Å². The van der Waals surface area contributed by atoms with E-state index in [1.165, 1.54) is 35.5 Å². The normalized spacial score (nSPS) is 19.6. The average Bonchev–Trinajstić information content (AvgIpc) is 3.64. The summed E-state index contributed by atoms with van der Waals surface area (Å²) in [5, 5.41) is 11.2. The number of para-hydroxylation sites is 1. The summed E-state index contributed by atoms with van der Waals surface area (Å²) in [6, 6.07) is 10.4. The van der Waals surface area contributed by atoms with E-state index in [0.29, 0.717) is 27.6 Å². The van der Waals surface area contributed by atoms with Gasteiger partial charge in [-0.15, -0.1) is 22.7 Å². The van der Waals surface area contributed by atoms with Crippen LogP contribution in [-0.4, -0.2) is 24.3 Å². The molecule has 4 aromatic rings. The minimum Gasteiger partial charge on any atom is -0.375 e. The van der Waals surface area contributed by atoms with E-state index in [1.54, 1.807) is 36.7 Å². The Kier molecular flexibility index (Phi) is 8.53. The van der Waals surface area contributed by atoms with Crippen LogP contribution >= 0.6 is 22.7 Å². The molecule has 1 aliphatic carbocycles. The van der Waals surface area contributed by atoms with E-state index in [2.05, 4.69) is 27.5 Å². The largest absolute Gasteiger partial charge is 0.375 e. The number of rotatable bonds is 5. The van der Waals surface area contributed by atoms with Gasteiger partial charge in [-0.3, -0.25) is 4.79 Å². The summed E-state index contributed by atoms with van der Waals surface area (Å²) in [4.78, 5) is 22.0. The van der Waals surface area contributed by atoms with E-state index in [1.807, 2.05) is 29.8 Å². The zero-order chi connectivity index (χ0) is 28.3. The molecule has 3 heterocycles. The van der Waals surface area contributed by atoms with Crippen LogP contribution in [0.5, 0.6) is 0 Å². The first-order valence-corrected chi connectivity index (χ1v) is 16.6. The Hall–Kier alpha value is -3.28. The Morgan fingerprint density at radius 3 is 2.42 bits per heavy atom. The maximum absolute atomic E-state index is 13.5. The van der Waals surface area contributed by atoms with E-state index in [9.17, 15) is 13.2 Å². The van der Waals surface area contributed by atoms with Crippen LogP contribution in [0, 0.1) is 18.8 Å². The predicted molar refractivity (Wildman–Crippen MR) is 162 cm³/mol. The van der Waals surface area contributed by atoms with Crippen molar-refractivity contribution in [1.82, 2.24) is 9.97 Å². The van der Waals surface area contributed by atoms with Gasteiger partial charge in [-0.2, -0.15) is 0 Å². The van der Waals surface area contributed by atoms with Crippen LogP contribution in [-0.2, 0) is 14.6 Å². The van der Waals surface area contributed by atoms with Crippen molar-refractivity contribution in [3.05, 3.63) is 70.7 Å². The number of benzene rings is 2. The van der Waals surface area contributed by atoms with Crippen LogP contribution in [0.3, 0.4) is 0 Å². The lowest BCUT2D eigenvalue weighted by Gasteiger charge is -2.31. The van der Waals surface area contributed by atoms with E-state index < -0.39 is 9.84 Å². The number of nitrogens with two attached hydrogens (primary N) is 1. The van der Waals surface area contributed by atoms with E-state index in [-0.39, 0.29) is 21.6 Å². The monoisotopic (exact) mass is 595 g/mol. The summed E-state index contributed by atoms with van der Waals surface area (Å²) in [5.74, 6) is 0.736. The fourth-order valence-corrected chi connectivity index (χ4v) is 8.04. The van der Waals surface area contributed by atoms with Gasteiger partial charge >= 0.3 is 0 Å². The molecule has 0 spiro atoms. The molecule has 40 heavy (non-hydrogen) atoms. The number of fused-ring (bicyclic) bond motifs is 2. The molecule has 0 radical (unpaired) electrons. The van der Waals surface area contributed by atoms with Crippen molar-refractivity contribution in [2.24, 2.45) is 11.8 Å². The fraction of sp³-hybridized carbons (Fsp3) is 0.345. The second-order valence-electron chi connectivity index (χ2n) is 10.4. The summed E-state index contributed by atoms with van der Waals surface area (Å²) in [6.45, 7) is 4.21. The summed E-state index contributed by atoms with van der Waals surface area (Å²) in [6.07, 6.45) is 8.70. The Labute approximate surface area is 243 Å². The molecular weight excluding hydrogens is 563 g/mol. The van der Waals surface area contributed by atoms with E-state index >= 15 is 0 Å². The lowest BCUT2D eigenvalue weighted by molar-refractivity contribution is -0.118. The van der Waals surface area contributed by atoms with Crippen molar-refractivity contribution in [2.45, 2.75) is 61.7 Å². The zero-order valence-electron chi connectivity index (χ0n) is 22.5. The topological polar surface area (TPSA) is 127 Å². The van der Waals surface area contributed by atoms with Crippen molar-refractivity contribution in [1.29, 1.82) is 0 Å². The molecule has 1 amide bonds. The first-order chi connectivity index (χ1) is 19.2. The number of carbonyl (C=O) groups is 1. The lowest BCUT2D eigenvalue weighted by Crippen LogP contribution is -2.26. The second-order valence-corrected chi connectivity index (χ2v) is 14.1. The maximum atomic E-state index is 13.5. The van der Waals surface area contributed by atoms with Gasteiger partial charge in [0, 0.05) is 23.2 Å². The quantitative estimate of drug-likeness (QED) is 0.199. The minimum absolute atomic E-state index is 0.0873. The highest BCUT2D eigenvalue weighted by Gasteiger charge is 2.34. The van der Waals surface area contributed by atoms with Crippen LogP contribution in [0.4, 0.5) is 21.6 Å². The maximum Gasteiger partial charge on any atom is 0.233 e. The Bertz CT molecular complexity index is 1560. The van der Waals surface area contributed by atoms with Gasteiger partial charge in [-0.05, 0) is 54.5 Å². The average molecular weight is 596 g/mol. The van der Waals surface area contributed by atoms with Gasteiger partial charge in [0.1, 0.15) is 0 Å². The minimum atomic E-state index is -3.63. The number of nitrogens with zero attached hydrogens (tertiary/aromatic N) is 2. The van der Waals surface area contributed by atoms with Crippen molar-refractivity contribution >= 4 is 60.1 Å². The number of nitrogen functional groups attached to an aromatic ring is 1. The predicted octanol–water partition coefficient (Wildman–Crippen LogP) is 7.01. The molecule has 1 unspecified atom stereocenters. The van der Waals surface area contributed by atoms with Gasteiger partial charge in [0.15, 0.2) is 10.3 Å². The zero-order valence-corrected chi connectivity index (χ0v) is 24.9. The standard InChI is InChI=1S/C26H29N3O3S2.C3H4N2S/c1-16-7-9-18(10-8-16)15-20(25(30)29-26-27-13-14-33-26)19-11-12-23-24(17(19)2)28-21-5-3-4-6-22(21)34(23,31)32;4-3-5-1-2-6-3/h3-6,11-14,16,18,20,28H,7-10,15H2,1-2H3,(H,27,29,30);1-2H,(H2,4,5). The first-order valence-electron chi connectivity index (χ1n) is 13.3. The summed E-state index contributed by atoms with van der Waals surface area (Å²) in [7, 11) is -3.63. The smallest absolute Gasteiger partial charge is 0.233 e. The lowest BCUT2D eigenvalue weighted by atomic mass is 9.76. The highest BCUT2D eigenvalue weighted by molar-refractivity contribution is 7.92. The van der Waals surface area contributed by atoms with Crippen LogP contribution in [0.25, 0.3) is 0 Å². The van der Waals surface area contributed by atoms with Crippen LogP contribution < -0.4 is 16.4 Å². The molecule has 1 aliphatic heterocycles. The number of anilines is 4. The van der Waals surface area contributed by atoms with Crippen molar-refractivity contribution in [3.8, 4) is 0 Å². The van der Waals surface area contributed by atoms with Gasteiger partial charge in [-0.25, -0.2) is 18.4 Å².